The molecule has 0 saturated heterocycles. The fraction of sp³-hybridized carbons (Fsp3) is 0.231. The van der Waals surface area contributed by atoms with E-state index in [-0.39, 0.29) is 10.9 Å². The lowest BCUT2D eigenvalue weighted by molar-refractivity contribution is -0.114. The Kier molecular flexibility index (Phi) is 4.39. The topological polar surface area (TPSA) is 104 Å². The normalized spacial score (nSPS) is 12.9. The number of sulfonamides is 1. The number of rotatable bonds is 5. The Morgan fingerprint density at radius 2 is 2.14 bits per heavy atom. The first-order valence-electron chi connectivity index (χ1n) is 6.27. The molecule has 1 aromatic heterocycles. The van der Waals surface area contributed by atoms with Crippen LogP contribution in [0.15, 0.2) is 41.8 Å². The predicted octanol–water partition coefficient (Wildman–Crippen LogP) is 1.41. The van der Waals surface area contributed by atoms with Gasteiger partial charge in [0.25, 0.3) is 10.0 Å². The summed E-state index contributed by atoms with van der Waals surface area (Å²) in [5.41, 5.74) is 1.36. The summed E-state index contributed by atoms with van der Waals surface area (Å²) in [6.07, 6.45) is 2.54. The molecular formula is C13H16N4O3S. The summed E-state index contributed by atoms with van der Waals surface area (Å²) in [4.78, 5) is 17.3. The van der Waals surface area contributed by atoms with E-state index in [4.69, 9.17) is 0 Å². The third-order valence-corrected chi connectivity index (χ3v) is 4.27. The Bertz CT molecular complexity index is 726. The standard InChI is InChI=1S/C13H16N4O3S/c1-9(17-21(19,20)13-7-14-8-15-13)11-4-3-5-12(6-11)16-10(2)18/h3-9,17H,1-2H3,(H,14,15)(H,16,18). The molecule has 0 aliphatic rings. The fourth-order valence-electron chi connectivity index (χ4n) is 1.84. The molecule has 1 heterocycles. The van der Waals surface area contributed by atoms with Crippen LogP contribution in [0.1, 0.15) is 25.5 Å². The van der Waals surface area contributed by atoms with Gasteiger partial charge in [-0.2, -0.15) is 0 Å². The number of hydrogen-bond acceptors (Lipinski definition) is 4. The number of H-pyrrole nitrogens is 1. The van der Waals surface area contributed by atoms with Crippen LogP contribution in [0.2, 0.25) is 0 Å². The summed E-state index contributed by atoms with van der Waals surface area (Å²) < 4.78 is 26.7. The molecule has 0 aliphatic heterocycles. The van der Waals surface area contributed by atoms with E-state index in [9.17, 15) is 13.2 Å². The lowest BCUT2D eigenvalue weighted by Gasteiger charge is -2.15. The van der Waals surface area contributed by atoms with Crippen molar-refractivity contribution in [3.63, 3.8) is 0 Å². The van der Waals surface area contributed by atoms with Crippen molar-refractivity contribution < 1.29 is 13.2 Å². The predicted molar refractivity (Wildman–Crippen MR) is 78.1 cm³/mol. The van der Waals surface area contributed by atoms with Crippen LogP contribution < -0.4 is 10.0 Å². The molecule has 0 bridgehead atoms. The van der Waals surface area contributed by atoms with Gasteiger partial charge in [0.05, 0.1) is 12.5 Å². The number of anilines is 1. The Morgan fingerprint density at radius 1 is 1.38 bits per heavy atom. The number of imidazole rings is 1. The molecule has 1 atom stereocenters. The van der Waals surface area contributed by atoms with E-state index in [0.717, 1.165) is 5.56 Å². The fourth-order valence-corrected chi connectivity index (χ4v) is 2.98. The minimum Gasteiger partial charge on any atom is -0.335 e. The molecule has 1 unspecified atom stereocenters. The second-order valence-electron chi connectivity index (χ2n) is 4.57. The molecule has 21 heavy (non-hydrogen) atoms. The third-order valence-electron chi connectivity index (χ3n) is 2.80. The number of amides is 1. The van der Waals surface area contributed by atoms with Crippen molar-refractivity contribution in [1.82, 2.24) is 14.7 Å². The van der Waals surface area contributed by atoms with E-state index in [2.05, 4.69) is 20.0 Å². The highest BCUT2D eigenvalue weighted by molar-refractivity contribution is 7.89. The van der Waals surface area contributed by atoms with Crippen LogP contribution in [0.4, 0.5) is 5.69 Å². The zero-order valence-electron chi connectivity index (χ0n) is 11.6. The van der Waals surface area contributed by atoms with Crippen LogP contribution in [-0.2, 0) is 14.8 Å². The van der Waals surface area contributed by atoms with Crippen LogP contribution in [0, 0.1) is 0 Å². The third kappa shape index (κ3) is 3.89. The molecule has 8 heteroatoms. The first-order valence-corrected chi connectivity index (χ1v) is 7.75. The number of benzene rings is 1. The maximum atomic E-state index is 12.1. The zero-order chi connectivity index (χ0) is 15.5. The molecule has 2 rings (SSSR count). The van der Waals surface area contributed by atoms with Gasteiger partial charge in [-0.15, -0.1) is 0 Å². The van der Waals surface area contributed by atoms with Crippen molar-refractivity contribution in [2.45, 2.75) is 24.9 Å². The molecule has 2 aromatic rings. The van der Waals surface area contributed by atoms with Crippen molar-refractivity contribution in [1.29, 1.82) is 0 Å². The molecule has 0 fully saturated rings. The zero-order valence-corrected chi connectivity index (χ0v) is 12.4. The average molecular weight is 308 g/mol. The summed E-state index contributed by atoms with van der Waals surface area (Å²) in [5, 5.41) is 2.66. The number of hydrogen-bond donors (Lipinski definition) is 3. The second-order valence-corrected chi connectivity index (χ2v) is 6.25. The number of nitrogens with zero attached hydrogens (tertiary/aromatic N) is 1. The lowest BCUT2D eigenvalue weighted by Crippen LogP contribution is -2.27. The van der Waals surface area contributed by atoms with Crippen LogP contribution in [0.25, 0.3) is 0 Å². The van der Waals surface area contributed by atoms with Gasteiger partial charge < -0.3 is 10.3 Å². The molecular weight excluding hydrogens is 292 g/mol. The first kappa shape index (κ1) is 15.2. The van der Waals surface area contributed by atoms with Gasteiger partial charge in [0.2, 0.25) is 5.91 Å². The summed E-state index contributed by atoms with van der Waals surface area (Å²) in [6.45, 7) is 3.14. The van der Waals surface area contributed by atoms with Gasteiger partial charge in [-0.3, -0.25) is 4.79 Å². The quantitative estimate of drug-likeness (QED) is 0.776. The molecule has 1 amide bonds. The molecule has 0 aliphatic carbocycles. The summed E-state index contributed by atoms with van der Waals surface area (Å²) in [5.74, 6) is -0.183. The van der Waals surface area contributed by atoms with Crippen LogP contribution in [0.5, 0.6) is 0 Å². The maximum absolute atomic E-state index is 12.1. The summed E-state index contributed by atoms with van der Waals surface area (Å²) in [6, 6.07) is 6.54. The molecule has 7 nitrogen and oxygen atoms in total. The Hall–Kier alpha value is -2.19. The van der Waals surface area contributed by atoms with Gasteiger partial charge in [-0.05, 0) is 24.6 Å². The maximum Gasteiger partial charge on any atom is 0.258 e. The molecule has 0 radical (unpaired) electrons. The highest BCUT2D eigenvalue weighted by Crippen LogP contribution is 2.19. The van der Waals surface area contributed by atoms with E-state index in [1.165, 1.54) is 19.4 Å². The second kappa shape index (κ2) is 6.06. The Balaban J connectivity index is 2.17. The first-order chi connectivity index (χ1) is 9.88. The van der Waals surface area contributed by atoms with Gasteiger partial charge in [0, 0.05) is 18.7 Å². The molecule has 0 saturated carbocycles. The average Bonchev–Trinajstić information content (AvgIpc) is 2.92. The molecule has 0 spiro atoms. The molecule has 3 N–H and O–H groups in total. The van der Waals surface area contributed by atoms with Crippen molar-refractivity contribution in [3.8, 4) is 0 Å². The van der Waals surface area contributed by atoms with Crippen LogP contribution in [0.3, 0.4) is 0 Å². The lowest BCUT2D eigenvalue weighted by atomic mass is 10.1. The van der Waals surface area contributed by atoms with Gasteiger partial charge in [-0.25, -0.2) is 18.1 Å². The highest BCUT2D eigenvalue weighted by Gasteiger charge is 2.19. The number of carbonyl (C=O) groups is 1. The van der Waals surface area contributed by atoms with E-state index in [0.29, 0.717) is 5.69 Å². The smallest absolute Gasteiger partial charge is 0.258 e. The van der Waals surface area contributed by atoms with Gasteiger partial charge in [0.15, 0.2) is 5.03 Å². The van der Waals surface area contributed by atoms with E-state index in [1.807, 2.05) is 0 Å². The van der Waals surface area contributed by atoms with E-state index >= 15 is 0 Å². The molecule has 112 valence electrons. The van der Waals surface area contributed by atoms with E-state index < -0.39 is 16.1 Å². The number of carbonyl (C=O) groups excluding carboxylic acids is 1. The van der Waals surface area contributed by atoms with Crippen molar-refractivity contribution >= 4 is 21.6 Å². The minimum atomic E-state index is -3.66. The number of aromatic nitrogens is 2. The minimum absolute atomic E-state index is 0.00682. The number of aromatic amines is 1. The van der Waals surface area contributed by atoms with Crippen molar-refractivity contribution in [2.24, 2.45) is 0 Å². The Labute approximate surface area is 122 Å². The highest BCUT2D eigenvalue weighted by atomic mass is 32.2. The van der Waals surface area contributed by atoms with Gasteiger partial charge in [-0.1, -0.05) is 12.1 Å². The largest absolute Gasteiger partial charge is 0.335 e. The van der Waals surface area contributed by atoms with Crippen LogP contribution in [-0.4, -0.2) is 24.3 Å². The van der Waals surface area contributed by atoms with Crippen LogP contribution >= 0.6 is 0 Å². The van der Waals surface area contributed by atoms with Gasteiger partial charge in [0.1, 0.15) is 0 Å². The Morgan fingerprint density at radius 3 is 2.76 bits per heavy atom. The number of nitrogens with one attached hydrogen (secondary N) is 3. The SMILES string of the molecule is CC(=O)Nc1cccc(C(C)NS(=O)(=O)c2cnc[nH]2)c1. The van der Waals surface area contributed by atoms with Crippen molar-refractivity contribution in [3.05, 3.63) is 42.4 Å². The summed E-state index contributed by atoms with van der Waals surface area (Å²) >= 11 is 0. The monoisotopic (exact) mass is 308 g/mol. The molecule has 1 aromatic carbocycles. The van der Waals surface area contributed by atoms with Gasteiger partial charge >= 0.3 is 0 Å². The van der Waals surface area contributed by atoms with Crippen molar-refractivity contribution in [2.75, 3.05) is 5.32 Å². The summed E-state index contributed by atoms with van der Waals surface area (Å²) in [7, 11) is -3.66. The van der Waals surface area contributed by atoms with E-state index in [1.54, 1.807) is 31.2 Å².